The van der Waals surface area contributed by atoms with E-state index < -0.39 is 17.8 Å². The summed E-state index contributed by atoms with van der Waals surface area (Å²) in [7, 11) is 0. The molecule has 0 atom stereocenters. The average molecular weight is 332 g/mol. The largest absolute Gasteiger partial charge is 0.335 e. The van der Waals surface area contributed by atoms with Crippen LogP contribution < -0.4 is 0 Å². The molecule has 3 rings (SSSR count). The lowest BCUT2D eigenvalue weighted by atomic mass is 10.0. The van der Waals surface area contributed by atoms with Gasteiger partial charge in [0, 0.05) is 30.9 Å². The van der Waals surface area contributed by atoms with Gasteiger partial charge in [-0.15, -0.1) is 0 Å². The lowest BCUT2D eigenvalue weighted by molar-refractivity contribution is 0.146. The number of imidazole rings is 1. The van der Waals surface area contributed by atoms with Crippen molar-refractivity contribution < 1.29 is 13.2 Å². The highest BCUT2D eigenvalue weighted by molar-refractivity contribution is 5.63. The van der Waals surface area contributed by atoms with Crippen LogP contribution in [0.15, 0.2) is 42.9 Å². The first-order chi connectivity index (χ1) is 11.5. The summed E-state index contributed by atoms with van der Waals surface area (Å²) in [5.74, 6) is -0.00852. The zero-order valence-electron chi connectivity index (χ0n) is 13.0. The van der Waals surface area contributed by atoms with E-state index in [-0.39, 0.29) is 0 Å². The maximum absolute atomic E-state index is 13.4. The van der Waals surface area contributed by atoms with E-state index in [2.05, 4.69) is 15.2 Å². The minimum atomic E-state index is -2.86. The van der Waals surface area contributed by atoms with Crippen LogP contribution in [0.5, 0.6) is 0 Å². The molecular weight excluding hydrogens is 317 g/mol. The third kappa shape index (κ3) is 3.45. The first-order valence-corrected chi connectivity index (χ1v) is 7.42. The van der Waals surface area contributed by atoms with Gasteiger partial charge in [0.15, 0.2) is 0 Å². The molecule has 0 saturated heterocycles. The first-order valence-electron chi connectivity index (χ1n) is 7.42. The van der Waals surface area contributed by atoms with Crippen LogP contribution in [0.1, 0.15) is 23.5 Å². The van der Waals surface area contributed by atoms with Gasteiger partial charge in [-0.05, 0) is 30.7 Å². The molecule has 2 heterocycles. The van der Waals surface area contributed by atoms with Crippen molar-refractivity contribution in [3.63, 3.8) is 0 Å². The summed E-state index contributed by atoms with van der Waals surface area (Å²) >= 11 is 0. The fraction of sp³-hybridized carbons (Fsp3) is 0.235. The summed E-state index contributed by atoms with van der Waals surface area (Å²) in [6, 6.07) is 5.44. The highest BCUT2D eigenvalue weighted by Gasteiger charge is 2.14. The summed E-state index contributed by atoms with van der Waals surface area (Å²) in [5, 5.41) is 7.99. The molecule has 2 aromatic heterocycles. The molecule has 0 amide bonds. The van der Waals surface area contributed by atoms with E-state index in [1.807, 2.05) is 17.7 Å². The number of nitrogens with zero attached hydrogens (tertiary/aromatic N) is 4. The van der Waals surface area contributed by atoms with E-state index in [0.717, 1.165) is 23.7 Å². The Morgan fingerprint density at radius 1 is 1.17 bits per heavy atom. The summed E-state index contributed by atoms with van der Waals surface area (Å²) in [4.78, 5) is 4.15. The highest BCUT2D eigenvalue weighted by atomic mass is 19.3. The number of rotatable bonds is 5. The number of alkyl halides is 2. The molecule has 24 heavy (non-hydrogen) atoms. The van der Waals surface area contributed by atoms with Crippen LogP contribution >= 0.6 is 0 Å². The van der Waals surface area contributed by atoms with Crippen molar-refractivity contribution in [2.75, 3.05) is 0 Å². The van der Waals surface area contributed by atoms with Gasteiger partial charge in [0.1, 0.15) is 11.6 Å². The molecule has 4 nitrogen and oxygen atoms in total. The molecule has 7 heteroatoms. The minimum absolute atomic E-state index is 0.488. The smallest absolute Gasteiger partial charge is 0.266 e. The Morgan fingerprint density at radius 2 is 2.00 bits per heavy atom. The number of benzene rings is 1. The molecule has 0 unspecified atom stereocenters. The Balaban J connectivity index is 1.83. The number of halogens is 3. The van der Waals surface area contributed by atoms with Crippen molar-refractivity contribution in [1.29, 1.82) is 0 Å². The Hall–Kier alpha value is -2.70. The van der Waals surface area contributed by atoms with Gasteiger partial charge >= 0.3 is 0 Å². The molecule has 0 radical (unpaired) electrons. The Kier molecular flexibility index (Phi) is 4.59. The predicted molar refractivity (Wildman–Crippen MR) is 83.1 cm³/mol. The standard InChI is InChI=1S/C17H15F3N4/c1-11-21-5-7-24(11)6-4-14-8-13(10-22-23-14)12-2-3-16(18)15(9-12)17(19)20/h2-3,5,7-10,17H,4,6H2,1H3. The van der Waals surface area contributed by atoms with Crippen LogP contribution in [0.2, 0.25) is 0 Å². The second-order valence-electron chi connectivity index (χ2n) is 5.39. The second-order valence-corrected chi connectivity index (χ2v) is 5.39. The lowest BCUT2D eigenvalue weighted by Crippen LogP contribution is -2.04. The molecule has 0 aliphatic carbocycles. The van der Waals surface area contributed by atoms with E-state index >= 15 is 0 Å². The molecule has 3 aromatic rings. The summed E-state index contributed by atoms with van der Waals surface area (Å²) < 4.78 is 41.1. The van der Waals surface area contributed by atoms with Gasteiger partial charge in [-0.1, -0.05) is 6.07 Å². The fourth-order valence-electron chi connectivity index (χ4n) is 2.46. The maximum atomic E-state index is 13.4. The summed E-state index contributed by atoms with van der Waals surface area (Å²) in [6.45, 7) is 2.60. The monoisotopic (exact) mass is 332 g/mol. The zero-order valence-corrected chi connectivity index (χ0v) is 13.0. The van der Waals surface area contributed by atoms with Crippen LogP contribution in [-0.2, 0) is 13.0 Å². The van der Waals surface area contributed by atoms with Crippen LogP contribution in [0.3, 0.4) is 0 Å². The van der Waals surface area contributed by atoms with E-state index in [4.69, 9.17) is 0 Å². The highest BCUT2D eigenvalue weighted by Crippen LogP contribution is 2.28. The van der Waals surface area contributed by atoms with Gasteiger partial charge in [-0.2, -0.15) is 10.2 Å². The van der Waals surface area contributed by atoms with E-state index in [9.17, 15) is 13.2 Å². The quantitative estimate of drug-likeness (QED) is 0.710. The molecule has 0 fully saturated rings. The number of hydrogen-bond donors (Lipinski definition) is 0. The summed E-state index contributed by atoms with van der Waals surface area (Å²) in [5.41, 5.74) is 1.23. The molecule has 0 spiro atoms. The van der Waals surface area contributed by atoms with E-state index in [1.54, 1.807) is 12.3 Å². The number of hydrogen-bond acceptors (Lipinski definition) is 3. The molecular formula is C17H15F3N4. The maximum Gasteiger partial charge on any atom is 0.266 e. The molecule has 124 valence electrons. The Morgan fingerprint density at radius 3 is 2.71 bits per heavy atom. The molecule has 1 aromatic carbocycles. The fourth-order valence-corrected chi connectivity index (χ4v) is 2.46. The second kappa shape index (κ2) is 6.82. The Labute approximate surface area is 137 Å². The van der Waals surface area contributed by atoms with Gasteiger partial charge < -0.3 is 4.57 Å². The molecule has 0 aliphatic heterocycles. The van der Waals surface area contributed by atoms with Gasteiger partial charge in [-0.25, -0.2) is 18.2 Å². The topological polar surface area (TPSA) is 43.6 Å². The SMILES string of the molecule is Cc1nccn1CCc1cc(-c2ccc(F)c(C(F)F)c2)cnn1. The van der Waals surface area contributed by atoms with Gasteiger partial charge in [0.2, 0.25) is 0 Å². The zero-order chi connectivity index (χ0) is 17.1. The predicted octanol–water partition coefficient (Wildman–Crippen LogP) is 3.97. The van der Waals surface area contributed by atoms with Crippen LogP contribution in [0.4, 0.5) is 13.2 Å². The third-order valence-corrected chi connectivity index (χ3v) is 3.80. The van der Waals surface area contributed by atoms with E-state index in [1.165, 1.54) is 12.3 Å². The Bertz CT molecular complexity index is 845. The van der Waals surface area contributed by atoms with Crippen molar-refractivity contribution in [2.24, 2.45) is 0 Å². The van der Waals surface area contributed by atoms with Crippen LogP contribution in [0.25, 0.3) is 11.1 Å². The van der Waals surface area contributed by atoms with Crippen LogP contribution in [-0.4, -0.2) is 19.7 Å². The van der Waals surface area contributed by atoms with Crippen LogP contribution in [0, 0.1) is 12.7 Å². The molecule has 0 aliphatic rings. The minimum Gasteiger partial charge on any atom is -0.335 e. The first kappa shape index (κ1) is 16.2. The molecule has 0 saturated carbocycles. The average Bonchev–Trinajstić information content (AvgIpc) is 2.98. The van der Waals surface area contributed by atoms with Crippen molar-refractivity contribution in [1.82, 2.24) is 19.7 Å². The van der Waals surface area contributed by atoms with Crippen molar-refractivity contribution >= 4 is 0 Å². The van der Waals surface area contributed by atoms with E-state index in [0.29, 0.717) is 24.1 Å². The normalized spacial score (nSPS) is 11.2. The number of aryl methyl sites for hydroxylation is 3. The van der Waals surface area contributed by atoms with Gasteiger partial charge in [0.25, 0.3) is 6.43 Å². The van der Waals surface area contributed by atoms with Crippen molar-refractivity contribution in [3.8, 4) is 11.1 Å². The van der Waals surface area contributed by atoms with Gasteiger partial charge in [0.05, 0.1) is 17.5 Å². The van der Waals surface area contributed by atoms with Gasteiger partial charge in [-0.3, -0.25) is 0 Å². The van der Waals surface area contributed by atoms with Crippen molar-refractivity contribution in [2.45, 2.75) is 26.3 Å². The third-order valence-electron chi connectivity index (χ3n) is 3.80. The molecule has 0 bridgehead atoms. The lowest BCUT2D eigenvalue weighted by Gasteiger charge is -2.08. The molecule has 0 N–H and O–H groups in total. The van der Waals surface area contributed by atoms with Crippen molar-refractivity contribution in [3.05, 3.63) is 65.8 Å². The summed E-state index contributed by atoms with van der Waals surface area (Å²) in [6.07, 6.45) is 2.85. The number of aromatic nitrogens is 4.